The zero-order valence-electron chi connectivity index (χ0n) is 16.2. The van der Waals surface area contributed by atoms with Crippen LogP contribution in [0.5, 0.6) is 5.75 Å². The molecule has 0 spiro atoms. The highest BCUT2D eigenvalue weighted by Gasteiger charge is 2.43. The van der Waals surface area contributed by atoms with Crippen molar-refractivity contribution < 1.29 is 23.5 Å². The van der Waals surface area contributed by atoms with Gasteiger partial charge in [0.15, 0.2) is 5.76 Å². The summed E-state index contributed by atoms with van der Waals surface area (Å²) in [4.78, 5) is 42.9. The molecule has 2 fully saturated rings. The van der Waals surface area contributed by atoms with Gasteiger partial charge in [-0.1, -0.05) is 6.07 Å². The third-order valence-electron chi connectivity index (χ3n) is 5.28. The molecule has 0 N–H and O–H groups in total. The molecule has 0 aliphatic carbocycles. The van der Waals surface area contributed by atoms with Crippen molar-refractivity contribution in [2.75, 3.05) is 37.7 Å². The van der Waals surface area contributed by atoms with Gasteiger partial charge in [-0.2, -0.15) is 0 Å². The number of rotatable bonds is 5. The highest BCUT2D eigenvalue weighted by molar-refractivity contribution is 6.22. The second kappa shape index (κ2) is 8.08. The van der Waals surface area contributed by atoms with Gasteiger partial charge in [0.05, 0.1) is 31.0 Å². The van der Waals surface area contributed by atoms with E-state index >= 15 is 0 Å². The first kappa shape index (κ1) is 19.2. The number of piperazine rings is 1. The van der Waals surface area contributed by atoms with Crippen molar-refractivity contribution in [2.45, 2.75) is 19.4 Å². The van der Waals surface area contributed by atoms with E-state index < -0.39 is 6.04 Å². The fourth-order valence-electron chi connectivity index (χ4n) is 3.84. The van der Waals surface area contributed by atoms with E-state index in [1.165, 1.54) is 11.2 Å². The smallest absolute Gasteiger partial charge is 0.289 e. The molecule has 2 aliphatic heterocycles. The zero-order valence-corrected chi connectivity index (χ0v) is 16.2. The van der Waals surface area contributed by atoms with E-state index in [0.29, 0.717) is 50.0 Å². The Hall–Kier alpha value is -3.13. The highest BCUT2D eigenvalue weighted by atomic mass is 16.5. The van der Waals surface area contributed by atoms with Gasteiger partial charge in [0.25, 0.3) is 11.8 Å². The quantitative estimate of drug-likeness (QED) is 0.715. The van der Waals surface area contributed by atoms with Crippen LogP contribution >= 0.6 is 0 Å². The Morgan fingerprint density at radius 1 is 1.14 bits per heavy atom. The Labute approximate surface area is 168 Å². The predicted octanol–water partition coefficient (Wildman–Crippen LogP) is 1.77. The second-order valence-electron chi connectivity index (χ2n) is 7.02. The van der Waals surface area contributed by atoms with E-state index in [0.717, 1.165) is 0 Å². The molecule has 1 atom stereocenters. The van der Waals surface area contributed by atoms with Crippen molar-refractivity contribution in [3.8, 4) is 5.75 Å². The fourth-order valence-corrected chi connectivity index (χ4v) is 3.84. The van der Waals surface area contributed by atoms with Gasteiger partial charge >= 0.3 is 0 Å². The summed E-state index contributed by atoms with van der Waals surface area (Å²) in [6, 6.07) is 9.84. The molecule has 8 heteroatoms. The van der Waals surface area contributed by atoms with Gasteiger partial charge in [-0.25, -0.2) is 4.90 Å². The standard InChI is InChI=1S/C21H23N3O5/c1-2-28-16-6-3-5-15(13-16)24-19(25)14-17(20(24)26)22-8-10-23(11-9-22)21(27)18-7-4-12-29-18/h3-7,12-13,17H,2,8-11,14H2,1H3/t17-/m0/s1. The van der Waals surface area contributed by atoms with Crippen molar-refractivity contribution >= 4 is 23.4 Å². The van der Waals surface area contributed by atoms with E-state index in [9.17, 15) is 14.4 Å². The second-order valence-corrected chi connectivity index (χ2v) is 7.02. The Morgan fingerprint density at radius 3 is 2.62 bits per heavy atom. The number of amides is 3. The fraction of sp³-hybridized carbons (Fsp3) is 0.381. The van der Waals surface area contributed by atoms with Gasteiger partial charge < -0.3 is 14.1 Å². The van der Waals surface area contributed by atoms with Crippen LogP contribution in [0.2, 0.25) is 0 Å². The lowest BCUT2D eigenvalue weighted by molar-refractivity contribution is -0.123. The summed E-state index contributed by atoms with van der Waals surface area (Å²) in [5.41, 5.74) is 0.528. The molecule has 2 aliphatic rings. The SMILES string of the molecule is CCOc1cccc(N2C(=O)C[C@H](N3CCN(C(=O)c4ccco4)CC3)C2=O)c1. The average molecular weight is 397 g/mol. The summed E-state index contributed by atoms with van der Waals surface area (Å²) in [6.45, 7) is 4.42. The largest absolute Gasteiger partial charge is 0.494 e. The molecule has 0 radical (unpaired) electrons. The number of carbonyl (C=O) groups is 3. The number of hydrogen-bond acceptors (Lipinski definition) is 6. The Kier molecular flexibility index (Phi) is 5.35. The van der Waals surface area contributed by atoms with Crippen LogP contribution < -0.4 is 9.64 Å². The molecule has 152 valence electrons. The van der Waals surface area contributed by atoms with Crippen molar-refractivity contribution in [3.63, 3.8) is 0 Å². The Balaban J connectivity index is 1.42. The van der Waals surface area contributed by atoms with Crippen LogP contribution in [0.15, 0.2) is 47.1 Å². The van der Waals surface area contributed by atoms with E-state index in [-0.39, 0.29) is 24.1 Å². The van der Waals surface area contributed by atoms with Crippen molar-refractivity contribution in [1.29, 1.82) is 0 Å². The molecule has 0 saturated carbocycles. The molecule has 1 aromatic heterocycles. The van der Waals surface area contributed by atoms with Gasteiger partial charge in [0.1, 0.15) is 5.75 Å². The monoisotopic (exact) mass is 397 g/mol. The number of furan rings is 1. The molecule has 4 rings (SSSR count). The van der Waals surface area contributed by atoms with E-state index in [1.54, 1.807) is 41.3 Å². The first-order chi connectivity index (χ1) is 14.1. The maximum absolute atomic E-state index is 13.0. The number of imide groups is 1. The molecule has 3 amide bonds. The summed E-state index contributed by atoms with van der Waals surface area (Å²) < 4.78 is 10.7. The number of hydrogen-bond donors (Lipinski definition) is 0. The topological polar surface area (TPSA) is 83.3 Å². The molecular formula is C21H23N3O5. The highest BCUT2D eigenvalue weighted by Crippen LogP contribution is 2.29. The first-order valence-electron chi connectivity index (χ1n) is 9.75. The van der Waals surface area contributed by atoms with Gasteiger partial charge in [-0.3, -0.25) is 19.3 Å². The van der Waals surface area contributed by atoms with E-state index in [4.69, 9.17) is 9.15 Å². The third kappa shape index (κ3) is 3.75. The van der Waals surface area contributed by atoms with Gasteiger partial charge in [-0.05, 0) is 31.2 Å². The van der Waals surface area contributed by atoms with Crippen LogP contribution in [0.25, 0.3) is 0 Å². The minimum atomic E-state index is -0.501. The van der Waals surface area contributed by atoms with Gasteiger partial charge in [-0.15, -0.1) is 0 Å². The summed E-state index contributed by atoms with van der Waals surface area (Å²) in [7, 11) is 0. The Bertz CT molecular complexity index is 903. The summed E-state index contributed by atoms with van der Waals surface area (Å²) in [5.74, 6) is 0.333. The van der Waals surface area contributed by atoms with Crippen LogP contribution in [-0.4, -0.2) is 66.3 Å². The molecular weight excluding hydrogens is 374 g/mol. The maximum atomic E-state index is 13.0. The van der Waals surface area contributed by atoms with Crippen LogP contribution in [-0.2, 0) is 9.59 Å². The Morgan fingerprint density at radius 2 is 1.93 bits per heavy atom. The lowest BCUT2D eigenvalue weighted by Crippen LogP contribution is -2.53. The van der Waals surface area contributed by atoms with E-state index in [2.05, 4.69) is 0 Å². The predicted molar refractivity (Wildman–Crippen MR) is 105 cm³/mol. The lowest BCUT2D eigenvalue weighted by atomic mass is 10.1. The van der Waals surface area contributed by atoms with Crippen LogP contribution in [0, 0.1) is 0 Å². The van der Waals surface area contributed by atoms with Gasteiger partial charge in [0.2, 0.25) is 5.91 Å². The molecule has 29 heavy (non-hydrogen) atoms. The maximum Gasteiger partial charge on any atom is 0.289 e. The minimum Gasteiger partial charge on any atom is -0.494 e. The van der Waals surface area contributed by atoms with E-state index in [1.807, 2.05) is 11.8 Å². The van der Waals surface area contributed by atoms with Crippen molar-refractivity contribution in [1.82, 2.24) is 9.80 Å². The molecule has 0 bridgehead atoms. The van der Waals surface area contributed by atoms with Crippen LogP contribution in [0.1, 0.15) is 23.9 Å². The molecule has 0 unspecified atom stereocenters. The lowest BCUT2D eigenvalue weighted by Gasteiger charge is -2.36. The molecule has 2 aromatic rings. The van der Waals surface area contributed by atoms with Crippen LogP contribution in [0.3, 0.4) is 0 Å². The number of nitrogens with zero attached hydrogens (tertiary/aromatic N) is 3. The number of benzene rings is 1. The summed E-state index contributed by atoms with van der Waals surface area (Å²) >= 11 is 0. The molecule has 1 aromatic carbocycles. The molecule has 8 nitrogen and oxygen atoms in total. The third-order valence-corrected chi connectivity index (χ3v) is 5.28. The molecule has 2 saturated heterocycles. The number of anilines is 1. The normalized spacial score (nSPS) is 20.4. The first-order valence-corrected chi connectivity index (χ1v) is 9.75. The summed E-state index contributed by atoms with van der Waals surface area (Å²) in [5, 5.41) is 0. The van der Waals surface area contributed by atoms with Gasteiger partial charge in [0, 0.05) is 32.2 Å². The van der Waals surface area contributed by atoms with Crippen LogP contribution in [0.4, 0.5) is 5.69 Å². The number of ether oxygens (including phenoxy) is 1. The van der Waals surface area contributed by atoms with Crippen molar-refractivity contribution in [2.24, 2.45) is 0 Å². The average Bonchev–Trinajstić information content (AvgIpc) is 3.36. The summed E-state index contributed by atoms with van der Waals surface area (Å²) in [6.07, 6.45) is 1.62. The molecule has 3 heterocycles. The zero-order chi connectivity index (χ0) is 20.4. The van der Waals surface area contributed by atoms with Crippen molar-refractivity contribution in [3.05, 3.63) is 48.4 Å². The minimum absolute atomic E-state index is 0.143. The number of carbonyl (C=O) groups excluding carboxylic acids is 3.